The number of aromatic nitrogens is 2. The van der Waals surface area contributed by atoms with E-state index >= 15 is 0 Å². The van der Waals surface area contributed by atoms with Crippen molar-refractivity contribution in [2.24, 2.45) is 5.92 Å². The Bertz CT molecular complexity index is 697. The van der Waals surface area contributed by atoms with Gasteiger partial charge in [0, 0.05) is 13.1 Å². The number of carboxylic acids is 1. The Labute approximate surface area is 120 Å². The molecule has 2 saturated heterocycles. The molecule has 114 valence electrons. The van der Waals surface area contributed by atoms with E-state index in [0.29, 0.717) is 12.8 Å². The molecule has 1 aromatic rings. The number of aromatic amines is 1. The average molecular weight is 314 g/mol. The van der Waals surface area contributed by atoms with Crippen LogP contribution in [0.15, 0.2) is 11.2 Å². The highest BCUT2D eigenvalue weighted by atomic mass is 32.2. The number of amides is 1. The fraction of sp³-hybridized carbons (Fsp3) is 0.545. The van der Waals surface area contributed by atoms with E-state index in [2.05, 4.69) is 15.5 Å². The summed E-state index contributed by atoms with van der Waals surface area (Å²) >= 11 is 0. The Morgan fingerprint density at radius 2 is 2.24 bits per heavy atom. The van der Waals surface area contributed by atoms with Gasteiger partial charge in [0.25, 0.3) is 10.0 Å². The molecule has 0 bridgehead atoms. The van der Waals surface area contributed by atoms with Crippen LogP contribution in [0.5, 0.6) is 0 Å². The van der Waals surface area contributed by atoms with E-state index in [-0.39, 0.29) is 24.9 Å². The molecule has 0 saturated carbocycles. The lowest BCUT2D eigenvalue weighted by atomic mass is 9.93. The van der Waals surface area contributed by atoms with Gasteiger partial charge in [-0.05, 0) is 12.8 Å². The molecule has 3 N–H and O–H groups in total. The predicted octanol–water partition coefficient (Wildman–Crippen LogP) is -0.993. The normalized spacial score (nSPS) is 26.4. The zero-order valence-electron chi connectivity index (χ0n) is 10.9. The Morgan fingerprint density at radius 3 is 2.95 bits per heavy atom. The van der Waals surface area contributed by atoms with Crippen LogP contribution in [0.2, 0.25) is 0 Å². The number of nitrogens with zero attached hydrogens (tertiary/aromatic N) is 2. The fourth-order valence-corrected chi connectivity index (χ4v) is 4.72. The quantitative estimate of drug-likeness (QED) is 0.656. The Morgan fingerprint density at radius 1 is 1.48 bits per heavy atom. The SMILES string of the molecule is O=C(O)c1cn[nH]c1S(=O)(=O)N1CCCC2C(=O)NCC21. The van der Waals surface area contributed by atoms with Crippen molar-refractivity contribution >= 4 is 21.9 Å². The van der Waals surface area contributed by atoms with E-state index in [0.717, 1.165) is 6.20 Å². The summed E-state index contributed by atoms with van der Waals surface area (Å²) in [5, 5.41) is 17.0. The number of rotatable bonds is 3. The topological polar surface area (TPSA) is 132 Å². The first-order valence-electron chi connectivity index (χ1n) is 6.49. The number of carbonyl (C=O) groups excluding carboxylic acids is 1. The molecule has 9 nitrogen and oxygen atoms in total. The van der Waals surface area contributed by atoms with E-state index in [1.165, 1.54) is 4.31 Å². The van der Waals surface area contributed by atoms with Crippen molar-refractivity contribution in [2.75, 3.05) is 13.1 Å². The zero-order valence-corrected chi connectivity index (χ0v) is 11.8. The molecule has 2 aliphatic heterocycles. The molecule has 0 spiro atoms. The van der Waals surface area contributed by atoms with Crippen molar-refractivity contribution in [3.05, 3.63) is 11.8 Å². The lowest BCUT2D eigenvalue weighted by Gasteiger charge is -2.34. The Kier molecular flexibility index (Phi) is 3.21. The fourth-order valence-electron chi connectivity index (χ4n) is 2.95. The van der Waals surface area contributed by atoms with Gasteiger partial charge in [-0.1, -0.05) is 0 Å². The smallest absolute Gasteiger partial charge is 0.340 e. The molecule has 10 heteroatoms. The van der Waals surface area contributed by atoms with E-state index in [1.807, 2.05) is 0 Å². The first kappa shape index (κ1) is 14.0. The van der Waals surface area contributed by atoms with Crippen LogP contribution in [-0.2, 0) is 14.8 Å². The van der Waals surface area contributed by atoms with Crippen molar-refractivity contribution in [2.45, 2.75) is 23.9 Å². The largest absolute Gasteiger partial charge is 0.478 e. The molecule has 0 aliphatic carbocycles. The summed E-state index contributed by atoms with van der Waals surface area (Å²) in [6.07, 6.45) is 2.16. The van der Waals surface area contributed by atoms with Gasteiger partial charge < -0.3 is 10.4 Å². The van der Waals surface area contributed by atoms with Gasteiger partial charge in [0.1, 0.15) is 5.56 Å². The van der Waals surface area contributed by atoms with Gasteiger partial charge in [0.05, 0.1) is 18.2 Å². The van der Waals surface area contributed by atoms with Crippen LogP contribution in [0.1, 0.15) is 23.2 Å². The van der Waals surface area contributed by atoms with Crippen molar-refractivity contribution in [1.29, 1.82) is 0 Å². The third-order valence-electron chi connectivity index (χ3n) is 3.95. The Balaban J connectivity index is 2.00. The number of carbonyl (C=O) groups is 2. The molecule has 2 aliphatic rings. The van der Waals surface area contributed by atoms with Crippen LogP contribution in [0.3, 0.4) is 0 Å². The summed E-state index contributed by atoms with van der Waals surface area (Å²) in [4.78, 5) is 22.8. The van der Waals surface area contributed by atoms with Crippen molar-refractivity contribution in [3.8, 4) is 0 Å². The molecule has 1 amide bonds. The van der Waals surface area contributed by atoms with Crippen LogP contribution >= 0.6 is 0 Å². The molecule has 0 radical (unpaired) electrons. The minimum absolute atomic E-state index is 0.150. The molecule has 1 aromatic heterocycles. The zero-order chi connectivity index (χ0) is 15.2. The number of nitrogens with one attached hydrogen (secondary N) is 2. The predicted molar refractivity (Wildman–Crippen MR) is 69.0 cm³/mol. The second-order valence-electron chi connectivity index (χ2n) is 5.09. The van der Waals surface area contributed by atoms with Gasteiger partial charge in [-0.2, -0.15) is 9.40 Å². The highest BCUT2D eigenvalue weighted by Gasteiger charge is 2.46. The third kappa shape index (κ3) is 2.10. The maximum Gasteiger partial charge on any atom is 0.340 e. The lowest BCUT2D eigenvalue weighted by Crippen LogP contribution is -2.48. The van der Waals surface area contributed by atoms with Crippen molar-refractivity contribution < 1.29 is 23.1 Å². The number of fused-ring (bicyclic) bond motifs is 1. The highest BCUT2D eigenvalue weighted by molar-refractivity contribution is 7.89. The number of hydrogen-bond acceptors (Lipinski definition) is 5. The maximum atomic E-state index is 12.7. The summed E-state index contributed by atoms with van der Waals surface area (Å²) in [6.45, 7) is 0.510. The number of aromatic carboxylic acids is 1. The molecular formula is C11H14N4O5S. The second-order valence-corrected chi connectivity index (χ2v) is 6.92. The monoisotopic (exact) mass is 314 g/mol. The molecular weight excluding hydrogens is 300 g/mol. The van der Waals surface area contributed by atoms with Crippen LogP contribution in [0, 0.1) is 5.92 Å². The van der Waals surface area contributed by atoms with Crippen LogP contribution in [0.25, 0.3) is 0 Å². The molecule has 3 heterocycles. The molecule has 3 rings (SSSR count). The molecule has 0 aromatic carbocycles. The number of piperidine rings is 1. The number of hydrogen-bond donors (Lipinski definition) is 3. The van der Waals surface area contributed by atoms with Crippen LogP contribution in [0.4, 0.5) is 0 Å². The maximum absolute atomic E-state index is 12.7. The minimum atomic E-state index is -4.03. The molecule has 2 fully saturated rings. The van der Waals surface area contributed by atoms with Gasteiger partial charge in [-0.25, -0.2) is 13.2 Å². The van der Waals surface area contributed by atoms with E-state index in [1.54, 1.807) is 0 Å². The van der Waals surface area contributed by atoms with Crippen LogP contribution in [-0.4, -0.2) is 59.0 Å². The minimum Gasteiger partial charge on any atom is -0.478 e. The molecule has 2 unspecified atom stereocenters. The average Bonchev–Trinajstić information content (AvgIpc) is 3.06. The summed E-state index contributed by atoms with van der Waals surface area (Å²) in [5.74, 6) is -1.88. The molecule has 2 atom stereocenters. The van der Waals surface area contributed by atoms with Gasteiger partial charge in [0.2, 0.25) is 5.91 Å². The first-order valence-corrected chi connectivity index (χ1v) is 7.93. The van der Waals surface area contributed by atoms with E-state index in [9.17, 15) is 18.0 Å². The second kappa shape index (κ2) is 4.81. The van der Waals surface area contributed by atoms with Crippen LogP contribution < -0.4 is 5.32 Å². The third-order valence-corrected chi connectivity index (χ3v) is 5.85. The number of H-pyrrole nitrogens is 1. The highest BCUT2D eigenvalue weighted by Crippen LogP contribution is 2.32. The summed E-state index contributed by atoms with van der Waals surface area (Å²) < 4.78 is 26.6. The Hall–Kier alpha value is -1.94. The lowest BCUT2D eigenvalue weighted by molar-refractivity contribution is -0.123. The number of sulfonamides is 1. The first-order chi connectivity index (χ1) is 9.93. The van der Waals surface area contributed by atoms with E-state index in [4.69, 9.17) is 5.11 Å². The summed E-state index contributed by atoms with van der Waals surface area (Å²) in [6, 6.07) is -0.471. The molecule has 21 heavy (non-hydrogen) atoms. The van der Waals surface area contributed by atoms with E-state index < -0.39 is 32.6 Å². The van der Waals surface area contributed by atoms with Gasteiger partial charge >= 0.3 is 5.97 Å². The van der Waals surface area contributed by atoms with Gasteiger partial charge in [0.15, 0.2) is 5.03 Å². The van der Waals surface area contributed by atoms with Gasteiger partial charge in [-0.3, -0.25) is 9.89 Å². The summed E-state index contributed by atoms with van der Waals surface area (Å²) in [7, 11) is -4.03. The summed E-state index contributed by atoms with van der Waals surface area (Å²) in [5.41, 5.74) is -0.394. The standard InChI is InChI=1S/C11H14N4O5S/c16-9-6-2-1-3-15(8(6)5-12-9)21(19,20)10-7(11(17)18)4-13-14-10/h4,6,8H,1-3,5H2,(H,12,16)(H,13,14)(H,17,18). The van der Waals surface area contributed by atoms with Crippen molar-refractivity contribution in [3.63, 3.8) is 0 Å². The van der Waals surface area contributed by atoms with Gasteiger partial charge in [-0.15, -0.1) is 0 Å². The van der Waals surface area contributed by atoms with Crippen molar-refractivity contribution in [1.82, 2.24) is 19.8 Å². The number of carboxylic acid groups (broad SMARTS) is 1.